The topological polar surface area (TPSA) is 49.4 Å². The van der Waals surface area contributed by atoms with Crippen molar-refractivity contribution in [3.05, 3.63) is 29.3 Å². The molecule has 0 saturated heterocycles. The number of carbonyl (C=O) groups excluding carboxylic acids is 1. The maximum Gasteiger partial charge on any atom is 0.419 e. The molecule has 94 valence electrons. The summed E-state index contributed by atoms with van der Waals surface area (Å²) in [6, 6.07) is 2.50. The molecule has 6 heteroatoms. The van der Waals surface area contributed by atoms with Crippen molar-refractivity contribution in [1.82, 2.24) is 0 Å². The van der Waals surface area contributed by atoms with E-state index in [0.717, 1.165) is 12.1 Å². The van der Waals surface area contributed by atoms with Crippen molar-refractivity contribution in [3.63, 3.8) is 0 Å². The highest BCUT2D eigenvalue weighted by molar-refractivity contribution is 5.86. The molecular weight excluding hydrogens is 237 g/mol. The summed E-state index contributed by atoms with van der Waals surface area (Å²) in [5.74, 6) is -2.05. The van der Waals surface area contributed by atoms with Crippen LogP contribution in [0.3, 0.4) is 0 Å². The van der Waals surface area contributed by atoms with E-state index in [9.17, 15) is 23.1 Å². The van der Waals surface area contributed by atoms with E-state index >= 15 is 0 Å². The first-order chi connectivity index (χ1) is 7.71. The Bertz CT molecular complexity index is 424. The van der Waals surface area contributed by atoms with Crippen LogP contribution in [0, 0.1) is 0 Å². The van der Waals surface area contributed by atoms with Gasteiger partial charge in [-0.15, -0.1) is 0 Å². The number of aromatic carboxylic acids is 1. The van der Waals surface area contributed by atoms with Gasteiger partial charge in [-0.1, -0.05) is 0 Å². The van der Waals surface area contributed by atoms with Crippen LogP contribution in [0.25, 0.3) is 0 Å². The summed E-state index contributed by atoms with van der Waals surface area (Å²) >= 11 is 0. The zero-order chi connectivity index (χ0) is 13.2. The number of benzene rings is 1. The Hall–Kier alpha value is -1.72. The number of carboxylic acid groups (broad SMARTS) is 1. The smallest absolute Gasteiger partial charge is 0.419 e. The molecule has 0 atom stereocenters. The summed E-state index contributed by atoms with van der Waals surface area (Å²) in [4.78, 5) is 10.5. The van der Waals surface area contributed by atoms with Crippen molar-refractivity contribution in [2.24, 2.45) is 0 Å². The molecule has 0 amide bonds. The summed E-state index contributed by atoms with van der Waals surface area (Å²) in [6.07, 6.45) is -5.11. The largest absolute Gasteiger partial charge is 0.545 e. The van der Waals surface area contributed by atoms with Crippen LogP contribution in [-0.4, -0.2) is 12.1 Å². The number of carboxylic acids is 1. The van der Waals surface area contributed by atoms with E-state index in [4.69, 9.17) is 4.74 Å². The Balaban J connectivity index is 3.27. The minimum absolute atomic E-state index is 0.391. The normalized spacial score (nSPS) is 11.6. The van der Waals surface area contributed by atoms with Crippen LogP contribution in [0.2, 0.25) is 0 Å². The number of rotatable bonds is 3. The lowest BCUT2D eigenvalue weighted by Crippen LogP contribution is -2.23. The van der Waals surface area contributed by atoms with E-state index in [2.05, 4.69) is 0 Å². The lowest BCUT2D eigenvalue weighted by molar-refractivity contribution is -0.255. The Morgan fingerprint density at radius 3 is 2.35 bits per heavy atom. The molecule has 0 unspecified atom stereocenters. The Labute approximate surface area is 95.8 Å². The van der Waals surface area contributed by atoms with Crippen molar-refractivity contribution in [3.8, 4) is 5.75 Å². The fourth-order valence-corrected chi connectivity index (χ4v) is 1.24. The molecule has 0 N–H and O–H groups in total. The monoisotopic (exact) mass is 247 g/mol. The van der Waals surface area contributed by atoms with Crippen molar-refractivity contribution in [2.75, 3.05) is 0 Å². The van der Waals surface area contributed by atoms with Gasteiger partial charge in [-0.05, 0) is 37.6 Å². The first-order valence-electron chi connectivity index (χ1n) is 4.81. The SMILES string of the molecule is CC(C)Oc1ccc(C(=O)[O-])cc1C(F)(F)F. The molecule has 1 aromatic rings. The number of halogens is 3. The maximum absolute atomic E-state index is 12.6. The van der Waals surface area contributed by atoms with E-state index in [1.165, 1.54) is 0 Å². The third-order valence-electron chi connectivity index (χ3n) is 1.88. The zero-order valence-corrected chi connectivity index (χ0v) is 9.17. The molecule has 0 aliphatic heterocycles. The number of hydrogen-bond acceptors (Lipinski definition) is 3. The highest BCUT2D eigenvalue weighted by atomic mass is 19.4. The van der Waals surface area contributed by atoms with E-state index in [0.29, 0.717) is 6.07 Å². The summed E-state index contributed by atoms with van der Waals surface area (Å²) < 4.78 is 42.9. The maximum atomic E-state index is 12.6. The van der Waals surface area contributed by atoms with Crippen LogP contribution < -0.4 is 9.84 Å². The predicted molar refractivity (Wildman–Crippen MR) is 51.5 cm³/mol. The van der Waals surface area contributed by atoms with Crippen LogP contribution in [0.5, 0.6) is 5.75 Å². The van der Waals surface area contributed by atoms with Crippen molar-refractivity contribution < 1.29 is 27.8 Å². The number of ether oxygens (including phenoxy) is 1. The second-order valence-corrected chi connectivity index (χ2v) is 3.66. The van der Waals surface area contributed by atoms with Crippen LogP contribution in [-0.2, 0) is 6.18 Å². The average Bonchev–Trinajstić information content (AvgIpc) is 2.15. The molecule has 17 heavy (non-hydrogen) atoms. The Morgan fingerprint density at radius 2 is 1.94 bits per heavy atom. The second kappa shape index (κ2) is 4.65. The van der Waals surface area contributed by atoms with Gasteiger partial charge in [0.15, 0.2) is 0 Å². The lowest BCUT2D eigenvalue weighted by atomic mass is 10.1. The van der Waals surface area contributed by atoms with Gasteiger partial charge in [0.25, 0.3) is 0 Å². The molecule has 1 aromatic carbocycles. The van der Waals surface area contributed by atoms with Crippen LogP contribution in [0.15, 0.2) is 18.2 Å². The number of carbonyl (C=O) groups is 1. The average molecular weight is 247 g/mol. The van der Waals surface area contributed by atoms with Crippen LogP contribution >= 0.6 is 0 Å². The van der Waals surface area contributed by atoms with Gasteiger partial charge >= 0.3 is 6.18 Å². The molecule has 0 spiro atoms. The molecule has 0 radical (unpaired) electrons. The van der Waals surface area contributed by atoms with Gasteiger partial charge in [0.05, 0.1) is 17.6 Å². The van der Waals surface area contributed by atoms with E-state index in [-0.39, 0.29) is 0 Å². The third-order valence-corrected chi connectivity index (χ3v) is 1.88. The predicted octanol–water partition coefficient (Wildman–Crippen LogP) is 1.86. The van der Waals surface area contributed by atoms with E-state index in [1.54, 1.807) is 13.8 Å². The summed E-state index contributed by atoms with van der Waals surface area (Å²) in [5, 5.41) is 10.5. The van der Waals surface area contributed by atoms with Gasteiger partial charge in [0, 0.05) is 0 Å². The van der Waals surface area contributed by atoms with Gasteiger partial charge in [-0.3, -0.25) is 0 Å². The Kier molecular flexibility index (Phi) is 3.65. The molecule has 0 aliphatic carbocycles. The first kappa shape index (κ1) is 13.3. The van der Waals surface area contributed by atoms with Crippen LogP contribution in [0.4, 0.5) is 13.2 Å². The van der Waals surface area contributed by atoms with Gasteiger partial charge in [-0.25, -0.2) is 0 Å². The zero-order valence-electron chi connectivity index (χ0n) is 9.17. The molecule has 3 nitrogen and oxygen atoms in total. The molecule has 0 saturated carbocycles. The van der Waals surface area contributed by atoms with Gasteiger partial charge in [-0.2, -0.15) is 13.2 Å². The first-order valence-corrected chi connectivity index (χ1v) is 4.81. The van der Waals surface area contributed by atoms with Crippen molar-refractivity contribution in [2.45, 2.75) is 26.1 Å². The minimum atomic E-state index is -4.67. The number of alkyl halides is 3. The van der Waals surface area contributed by atoms with E-state index in [1.807, 2.05) is 0 Å². The van der Waals surface area contributed by atoms with Gasteiger partial charge in [0.2, 0.25) is 0 Å². The second-order valence-electron chi connectivity index (χ2n) is 3.66. The molecule has 0 fully saturated rings. The minimum Gasteiger partial charge on any atom is -0.545 e. The standard InChI is InChI=1S/C11H11F3O3/c1-6(2)17-9-4-3-7(10(15)16)5-8(9)11(12,13)14/h3-6H,1-2H3,(H,15,16)/p-1. The summed E-state index contributed by atoms with van der Waals surface area (Å²) in [5.41, 5.74) is -1.65. The Morgan fingerprint density at radius 1 is 1.35 bits per heavy atom. The third kappa shape index (κ3) is 3.37. The fraction of sp³-hybridized carbons (Fsp3) is 0.364. The van der Waals surface area contributed by atoms with E-state index < -0.39 is 35.1 Å². The van der Waals surface area contributed by atoms with Gasteiger partial charge in [0.1, 0.15) is 5.75 Å². The molecule has 0 bridgehead atoms. The summed E-state index contributed by atoms with van der Waals surface area (Å²) in [7, 11) is 0. The van der Waals surface area contributed by atoms with Crippen molar-refractivity contribution >= 4 is 5.97 Å². The lowest BCUT2D eigenvalue weighted by Gasteiger charge is -2.17. The quantitative estimate of drug-likeness (QED) is 0.819. The fourth-order valence-electron chi connectivity index (χ4n) is 1.24. The molecular formula is C11H10F3O3-. The number of hydrogen-bond donors (Lipinski definition) is 0. The van der Waals surface area contributed by atoms with Crippen LogP contribution in [0.1, 0.15) is 29.8 Å². The highest BCUT2D eigenvalue weighted by Crippen LogP contribution is 2.37. The highest BCUT2D eigenvalue weighted by Gasteiger charge is 2.35. The molecule has 0 aromatic heterocycles. The summed E-state index contributed by atoms with van der Waals surface area (Å²) in [6.45, 7) is 3.15. The molecule has 0 heterocycles. The molecule has 1 rings (SSSR count). The van der Waals surface area contributed by atoms with Crippen molar-refractivity contribution in [1.29, 1.82) is 0 Å². The van der Waals surface area contributed by atoms with Gasteiger partial charge < -0.3 is 14.6 Å². The molecule has 0 aliphatic rings.